The number of aryl methyl sites for hydroxylation is 1. The first-order valence-electron chi connectivity index (χ1n) is 8.59. The van der Waals surface area contributed by atoms with Gasteiger partial charge in [0.15, 0.2) is 17.5 Å². The fourth-order valence-electron chi connectivity index (χ4n) is 3.20. The topological polar surface area (TPSA) is 43.3 Å². The van der Waals surface area contributed by atoms with E-state index in [0.29, 0.717) is 17.0 Å². The van der Waals surface area contributed by atoms with E-state index >= 15 is 0 Å². The summed E-state index contributed by atoms with van der Waals surface area (Å²) in [5, 5.41) is 5.28. The number of hydrazone groups is 1. The van der Waals surface area contributed by atoms with E-state index in [9.17, 15) is 13.2 Å². The maximum absolute atomic E-state index is 13.8. The van der Waals surface area contributed by atoms with Crippen molar-refractivity contribution in [3.8, 4) is 17.2 Å². The summed E-state index contributed by atoms with van der Waals surface area (Å²) < 4.78 is 57.1. The molecule has 5 nitrogen and oxygen atoms in total. The number of rotatable bonds is 5. The van der Waals surface area contributed by atoms with Gasteiger partial charge in [-0.3, -0.25) is 5.01 Å². The Morgan fingerprint density at radius 1 is 1.00 bits per heavy atom. The summed E-state index contributed by atoms with van der Waals surface area (Å²) in [5.41, 5.74) is 2.21. The Morgan fingerprint density at radius 2 is 1.64 bits per heavy atom. The molecule has 0 N–H and O–H groups in total. The number of nitrogens with zero attached hydrogens (tertiary/aromatic N) is 2. The maximum Gasteiger partial charge on any atom is 0.411 e. The first kappa shape index (κ1) is 19.9. The molecule has 0 radical (unpaired) electrons. The first-order chi connectivity index (χ1) is 13.3. The van der Waals surface area contributed by atoms with Crippen LogP contribution in [0.3, 0.4) is 0 Å². The Balaban J connectivity index is 2.11. The monoisotopic (exact) mass is 394 g/mol. The standard InChI is InChI=1S/C20H21F3N2O3/c1-12-6-5-7-13(8-12)15-11-18(20(21,22)23)25(24-15)14-9-16(26-2)19(28-4)17(10-14)27-3/h5-10,18H,11H2,1-4H3. The summed E-state index contributed by atoms with van der Waals surface area (Å²) in [6, 6.07) is 8.41. The molecule has 2 aromatic carbocycles. The van der Waals surface area contributed by atoms with Crippen LogP contribution in [0, 0.1) is 6.92 Å². The third-order valence-corrected chi connectivity index (χ3v) is 4.55. The number of alkyl halides is 3. The molecule has 1 heterocycles. The number of methoxy groups -OCH3 is 3. The average molecular weight is 394 g/mol. The predicted octanol–water partition coefficient (Wildman–Crippen LogP) is 4.57. The Kier molecular flexibility index (Phi) is 5.40. The highest BCUT2D eigenvalue weighted by molar-refractivity contribution is 6.03. The molecule has 1 atom stereocenters. The number of benzene rings is 2. The van der Waals surface area contributed by atoms with E-state index in [2.05, 4.69) is 5.10 Å². The van der Waals surface area contributed by atoms with Gasteiger partial charge in [0.1, 0.15) is 0 Å². The van der Waals surface area contributed by atoms with Gasteiger partial charge in [-0.1, -0.05) is 29.8 Å². The van der Waals surface area contributed by atoms with Crippen molar-refractivity contribution in [1.82, 2.24) is 0 Å². The molecule has 0 spiro atoms. The largest absolute Gasteiger partial charge is 0.493 e. The summed E-state index contributed by atoms with van der Waals surface area (Å²) in [6.07, 6.45) is -4.71. The van der Waals surface area contributed by atoms with Crippen molar-refractivity contribution >= 4 is 11.4 Å². The molecule has 28 heavy (non-hydrogen) atoms. The van der Waals surface area contributed by atoms with Crippen LogP contribution in [0.4, 0.5) is 18.9 Å². The molecule has 0 aromatic heterocycles. The normalized spacial score (nSPS) is 16.8. The third-order valence-electron chi connectivity index (χ3n) is 4.55. The second kappa shape index (κ2) is 7.61. The van der Waals surface area contributed by atoms with Crippen molar-refractivity contribution in [3.05, 3.63) is 47.5 Å². The number of hydrogen-bond acceptors (Lipinski definition) is 5. The minimum absolute atomic E-state index is 0.208. The van der Waals surface area contributed by atoms with Gasteiger partial charge in [0.05, 0.1) is 32.7 Å². The van der Waals surface area contributed by atoms with Gasteiger partial charge in [-0.2, -0.15) is 18.3 Å². The summed E-state index contributed by atoms with van der Waals surface area (Å²) in [5.74, 6) is 0.827. The van der Waals surface area contributed by atoms with E-state index in [1.54, 1.807) is 12.1 Å². The highest BCUT2D eigenvalue weighted by atomic mass is 19.4. The van der Waals surface area contributed by atoms with Crippen molar-refractivity contribution in [3.63, 3.8) is 0 Å². The fourth-order valence-corrected chi connectivity index (χ4v) is 3.20. The number of anilines is 1. The summed E-state index contributed by atoms with van der Waals surface area (Å²) in [6.45, 7) is 1.89. The van der Waals surface area contributed by atoms with Gasteiger partial charge in [0, 0.05) is 18.6 Å². The zero-order valence-electron chi connectivity index (χ0n) is 16.0. The van der Waals surface area contributed by atoms with Crippen LogP contribution in [0.25, 0.3) is 0 Å². The second-order valence-corrected chi connectivity index (χ2v) is 6.41. The van der Waals surface area contributed by atoms with Gasteiger partial charge in [-0.25, -0.2) is 0 Å². The Labute approximate surface area is 161 Å². The molecule has 0 fully saturated rings. The van der Waals surface area contributed by atoms with Crippen LogP contribution >= 0.6 is 0 Å². The van der Waals surface area contributed by atoms with Gasteiger partial charge in [-0.15, -0.1) is 0 Å². The summed E-state index contributed by atoms with van der Waals surface area (Å²) in [4.78, 5) is 0. The minimum atomic E-state index is -4.46. The zero-order chi connectivity index (χ0) is 20.5. The van der Waals surface area contributed by atoms with Crippen LogP contribution in [0.5, 0.6) is 17.2 Å². The highest BCUT2D eigenvalue weighted by Gasteiger charge is 2.48. The average Bonchev–Trinajstić information content (AvgIpc) is 3.12. The molecule has 150 valence electrons. The lowest BCUT2D eigenvalue weighted by Crippen LogP contribution is -2.40. The summed E-state index contributed by atoms with van der Waals surface area (Å²) in [7, 11) is 4.25. The van der Waals surface area contributed by atoms with Gasteiger partial charge in [0.2, 0.25) is 5.75 Å². The number of halogens is 3. The van der Waals surface area contributed by atoms with E-state index in [1.165, 1.54) is 33.5 Å². The molecule has 0 aliphatic carbocycles. The molecular weight excluding hydrogens is 373 g/mol. The van der Waals surface area contributed by atoms with E-state index in [1.807, 2.05) is 19.1 Å². The molecule has 0 saturated carbocycles. The molecule has 1 aliphatic rings. The molecule has 1 aliphatic heterocycles. The minimum Gasteiger partial charge on any atom is -0.493 e. The lowest BCUT2D eigenvalue weighted by Gasteiger charge is -2.26. The van der Waals surface area contributed by atoms with Crippen LogP contribution in [0.15, 0.2) is 41.5 Å². The number of hydrogen-bond donors (Lipinski definition) is 0. The van der Waals surface area contributed by atoms with Crippen LogP contribution in [-0.2, 0) is 0 Å². The predicted molar refractivity (Wildman–Crippen MR) is 101 cm³/mol. The van der Waals surface area contributed by atoms with Gasteiger partial charge >= 0.3 is 6.18 Å². The van der Waals surface area contributed by atoms with Crippen LogP contribution in [0.1, 0.15) is 17.5 Å². The molecule has 0 amide bonds. The van der Waals surface area contributed by atoms with E-state index in [0.717, 1.165) is 10.6 Å². The van der Waals surface area contributed by atoms with Crippen LogP contribution < -0.4 is 19.2 Å². The van der Waals surface area contributed by atoms with E-state index < -0.39 is 12.2 Å². The van der Waals surface area contributed by atoms with E-state index in [-0.39, 0.29) is 23.6 Å². The number of ether oxygens (including phenoxy) is 3. The highest BCUT2D eigenvalue weighted by Crippen LogP contribution is 2.44. The van der Waals surface area contributed by atoms with Crippen molar-refractivity contribution in [2.24, 2.45) is 5.10 Å². The van der Waals surface area contributed by atoms with Crippen molar-refractivity contribution < 1.29 is 27.4 Å². The van der Waals surface area contributed by atoms with Crippen molar-refractivity contribution in [1.29, 1.82) is 0 Å². The Hall–Kier alpha value is -2.90. The lowest BCUT2D eigenvalue weighted by atomic mass is 10.0. The molecule has 0 saturated heterocycles. The molecular formula is C20H21F3N2O3. The molecule has 1 unspecified atom stereocenters. The summed E-state index contributed by atoms with van der Waals surface area (Å²) >= 11 is 0. The molecule has 2 aromatic rings. The van der Waals surface area contributed by atoms with Gasteiger partial charge < -0.3 is 14.2 Å². The smallest absolute Gasteiger partial charge is 0.411 e. The molecule has 3 rings (SSSR count). The quantitative estimate of drug-likeness (QED) is 0.745. The molecule has 0 bridgehead atoms. The third kappa shape index (κ3) is 3.72. The van der Waals surface area contributed by atoms with Gasteiger partial charge in [0.25, 0.3) is 0 Å². The SMILES string of the molecule is COc1cc(N2N=C(c3cccc(C)c3)CC2C(F)(F)F)cc(OC)c1OC. The lowest BCUT2D eigenvalue weighted by molar-refractivity contribution is -0.145. The molecule has 8 heteroatoms. The van der Waals surface area contributed by atoms with E-state index in [4.69, 9.17) is 14.2 Å². The van der Waals surface area contributed by atoms with Crippen molar-refractivity contribution in [2.45, 2.75) is 25.6 Å². The maximum atomic E-state index is 13.8. The second-order valence-electron chi connectivity index (χ2n) is 6.41. The Bertz CT molecular complexity index is 872. The van der Waals surface area contributed by atoms with Crippen LogP contribution in [0.2, 0.25) is 0 Å². The first-order valence-corrected chi connectivity index (χ1v) is 8.59. The van der Waals surface area contributed by atoms with Gasteiger partial charge in [-0.05, 0) is 12.5 Å². The fraction of sp³-hybridized carbons (Fsp3) is 0.350. The van der Waals surface area contributed by atoms with Crippen LogP contribution in [-0.4, -0.2) is 39.3 Å². The van der Waals surface area contributed by atoms with Crippen molar-refractivity contribution in [2.75, 3.05) is 26.3 Å². The Morgan fingerprint density at radius 3 is 2.14 bits per heavy atom. The zero-order valence-corrected chi connectivity index (χ0v) is 16.0.